The zero-order chi connectivity index (χ0) is 12.3. The van der Waals surface area contributed by atoms with Gasteiger partial charge in [0.25, 0.3) is 0 Å². The summed E-state index contributed by atoms with van der Waals surface area (Å²) in [4.78, 5) is 11.8. The van der Waals surface area contributed by atoms with Crippen LogP contribution in [0.2, 0.25) is 0 Å². The molecular formula is C10H17N5O2. The maximum atomic E-state index is 11.8. The van der Waals surface area contributed by atoms with Crippen molar-refractivity contribution in [3.63, 3.8) is 0 Å². The van der Waals surface area contributed by atoms with Gasteiger partial charge >= 0.3 is 0 Å². The Morgan fingerprint density at radius 2 is 2.53 bits per heavy atom. The van der Waals surface area contributed by atoms with Gasteiger partial charge in [-0.1, -0.05) is 0 Å². The Hall–Kier alpha value is -1.47. The molecule has 0 aromatic carbocycles. The zero-order valence-electron chi connectivity index (χ0n) is 9.80. The predicted molar refractivity (Wildman–Crippen MR) is 59.8 cm³/mol. The fourth-order valence-electron chi connectivity index (χ4n) is 1.82. The van der Waals surface area contributed by atoms with Crippen LogP contribution in [0, 0.1) is 5.92 Å². The lowest BCUT2D eigenvalue weighted by molar-refractivity contribution is -0.125. The van der Waals surface area contributed by atoms with Gasteiger partial charge in [0, 0.05) is 12.6 Å². The van der Waals surface area contributed by atoms with Crippen molar-refractivity contribution in [1.29, 1.82) is 0 Å². The molecule has 1 aromatic rings. The van der Waals surface area contributed by atoms with Crippen LogP contribution in [0.25, 0.3) is 0 Å². The maximum Gasteiger partial charge on any atom is 0.227 e. The van der Waals surface area contributed by atoms with Crippen LogP contribution in [-0.4, -0.2) is 39.9 Å². The summed E-state index contributed by atoms with van der Waals surface area (Å²) in [6.45, 7) is 3.99. The highest BCUT2D eigenvalue weighted by Gasteiger charge is 2.31. The van der Waals surface area contributed by atoms with Crippen molar-refractivity contribution >= 4 is 5.91 Å². The molecule has 0 saturated carbocycles. The number of nitrogens with zero attached hydrogens (tertiary/aromatic N) is 3. The van der Waals surface area contributed by atoms with Crippen molar-refractivity contribution in [2.24, 2.45) is 11.7 Å². The molecule has 1 fully saturated rings. The SMILES string of the molecule is CCn1cnnc1CNC(=O)C1COCC1N. The third kappa shape index (κ3) is 2.62. The van der Waals surface area contributed by atoms with Crippen LogP contribution in [0.4, 0.5) is 0 Å². The molecule has 0 aliphatic carbocycles. The molecule has 1 aliphatic rings. The minimum Gasteiger partial charge on any atom is -0.379 e. The summed E-state index contributed by atoms with van der Waals surface area (Å²) in [5.74, 6) is 0.405. The summed E-state index contributed by atoms with van der Waals surface area (Å²) in [7, 11) is 0. The van der Waals surface area contributed by atoms with Crippen LogP contribution in [0.15, 0.2) is 6.33 Å². The summed E-state index contributed by atoms with van der Waals surface area (Å²) in [6, 6.07) is -0.209. The zero-order valence-corrected chi connectivity index (χ0v) is 9.80. The average molecular weight is 239 g/mol. The molecule has 0 spiro atoms. The van der Waals surface area contributed by atoms with Crippen molar-refractivity contribution < 1.29 is 9.53 Å². The number of amides is 1. The molecule has 0 bridgehead atoms. The fraction of sp³-hybridized carbons (Fsp3) is 0.700. The van der Waals surface area contributed by atoms with Gasteiger partial charge in [-0.15, -0.1) is 10.2 Å². The second kappa shape index (κ2) is 5.24. The first kappa shape index (κ1) is 12.0. The van der Waals surface area contributed by atoms with Crippen LogP contribution in [-0.2, 0) is 22.6 Å². The molecule has 3 N–H and O–H groups in total. The lowest BCUT2D eigenvalue weighted by atomic mass is 10.0. The summed E-state index contributed by atoms with van der Waals surface area (Å²) in [6.07, 6.45) is 1.64. The Labute approximate surface area is 99.3 Å². The highest BCUT2D eigenvalue weighted by molar-refractivity contribution is 5.79. The van der Waals surface area contributed by atoms with Gasteiger partial charge in [-0.25, -0.2) is 0 Å². The number of ether oxygens (including phenoxy) is 1. The highest BCUT2D eigenvalue weighted by atomic mass is 16.5. The van der Waals surface area contributed by atoms with Gasteiger partial charge in [0.05, 0.1) is 25.7 Å². The first-order chi connectivity index (χ1) is 8.22. The van der Waals surface area contributed by atoms with Gasteiger partial charge < -0.3 is 20.4 Å². The van der Waals surface area contributed by atoms with Gasteiger partial charge in [-0.3, -0.25) is 4.79 Å². The van der Waals surface area contributed by atoms with Gasteiger partial charge in [-0.2, -0.15) is 0 Å². The van der Waals surface area contributed by atoms with Crippen LogP contribution in [0.5, 0.6) is 0 Å². The smallest absolute Gasteiger partial charge is 0.227 e. The molecule has 2 atom stereocenters. The Morgan fingerprint density at radius 1 is 1.71 bits per heavy atom. The molecule has 17 heavy (non-hydrogen) atoms. The number of hydrogen-bond donors (Lipinski definition) is 2. The van der Waals surface area contributed by atoms with E-state index in [0.717, 1.165) is 12.4 Å². The van der Waals surface area contributed by atoms with E-state index in [-0.39, 0.29) is 17.9 Å². The quantitative estimate of drug-likeness (QED) is 0.694. The van der Waals surface area contributed by atoms with Gasteiger partial charge in [0.15, 0.2) is 5.82 Å². The topological polar surface area (TPSA) is 95.1 Å². The lowest BCUT2D eigenvalue weighted by Crippen LogP contribution is -2.41. The Kier molecular flexibility index (Phi) is 3.70. The molecule has 94 valence electrons. The molecule has 2 unspecified atom stereocenters. The monoisotopic (exact) mass is 239 g/mol. The van der Waals surface area contributed by atoms with E-state index in [1.807, 2.05) is 11.5 Å². The van der Waals surface area contributed by atoms with E-state index >= 15 is 0 Å². The predicted octanol–water partition coefficient (Wildman–Crippen LogP) is -1.11. The van der Waals surface area contributed by atoms with Crippen LogP contribution >= 0.6 is 0 Å². The summed E-state index contributed by atoms with van der Waals surface area (Å²) < 4.78 is 7.03. The number of carbonyl (C=O) groups excluding carboxylic acids is 1. The van der Waals surface area contributed by atoms with Crippen molar-refractivity contribution in [2.45, 2.75) is 26.1 Å². The molecule has 2 heterocycles. The van der Waals surface area contributed by atoms with Crippen molar-refractivity contribution in [3.05, 3.63) is 12.2 Å². The van der Waals surface area contributed by atoms with E-state index in [1.54, 1.807) is 6.33 Å². The fourth-order valence-corrected chi connectivity index (χ4v) is 1.82. The van der Waals surface area contributed by atoms with E-state index in [0.29, 0.717) is 19.8 Å². The number of nitrogens with one attached hydrogen (secondary N) is 1. The molecular weight excluding hydrogens is 222 g/mol. The van der Waals surface area contributed by atoms with Gasteiger partial charge in [0.2, 0.25) is 5.91 Å². The van der Waals surface area contributed by atoms with E-state index in [4.69, 9.17) is 10.5 Å². The Balaban J connectivity index is 1.88. The molecule has 0 radical (unpaired) electrons. The number of rotatable bonds is 4. The molecule has 7 heteroatoms. The highest BCUT2D eigenvalue weighted by Crippen LogP contribution is 2.11. The van der Waals surface area contributed by atoms with Crippen LogP contribution in [0.3, 0.4) is 0 Å². The molecule has 7 nitrogen and oxygen atoms in total. The summed E-state index contributed by atoms with van der Waals surface area (Å²) in [5.41, 5.74) is 5.77. The van der Waals surface area contributed by atoms with E-state index < -0.39 is 0 Å². The first-order valence-corrected chi connectivity index (χ1v) is 5.70. The molecule has 1 aliphatic heterocycles. The number of carbonyl (C=O) groups is 1. The normalized spacial score (nSPS) is 23.9. The van der Waals surface area contributed by atoms with Crippen LogP contribution in [0.1, 0.15) is 12.7 Å². The molecule has 1 amide bonds. The minimum atomic E-state index is -0.256. The second-order valence-corrected chi connectivity index (χ2v) is 4.06. The van der Waals surface area contributed by atoms with E-state index in [2.05, 4.69) is 15.5 Å². The van der Waals surface area contributed by atoms with E-state index in [1.165, 1.54) is 0 Å². The molecule has 1 aromatic heterocycles. The first-order valence-electron chi connectivity index (χ1n) is 5.70. The summed E-state index contributed by atoms with van der Waals surface area (Å²) >= 11 is 0. The number of aromatic nitrogens is 3. The maximum absolute atomic E-state index is 11.8. The Bertz CT molecular complexity index is 392. The second-order valence-electron chi connectivity index (χ2n) is 4.06. The van der Waals surface area contributed by atoms with Crippen LogP contribution < -0.4 is 11.1 Å². The molecule has 1 saturated heterocycles. The third-order valence-electron chi connectivity index (χ3n) is 2.92. The number of nitrogens with two attached hydrogens (primary N) is 1. The van der Waals surface area contributed by atoms with Crippen molar-refractivity contribution in [3.8, 4) is 0 Å². The van der Waals surface area contributed by atoms with E-state index in [9.17, 15) is 4.79 Å². The largest absolute Gasteiger partial charge is 0.379 e. The lowest BCUT2D eigenvalue weighted by Gasteiger charge is -2.13. The van der Waals surface area contributed by atoms with Crippen molar-refractivity contribution in [2.75, 3.05) is 13.2 Å². The van der Waals surface area contributed by atoms with Gasteiger partial charge in [0.1, 0.15) is 6.33 Å². The minimum absolute atomic E-state index is 0.0827. The standard InChI is InChI=1S/C10H17N5O2/c1-2-15-6-13-14-9(15)3-12-10(16)7-4-17-5-8(7)11/h6-8H,2-5,11H2,1H3,(H,12,16). The number of aryl methyl sites for hydroxylation is 1. The van der Waals surface area contributed by atoms with Crippen molar-refractivity contribution in [1.82, 2.24) is 20.1 Å². The molecule has 2 rings (SSSR count). The average Bonchev–Trinajstić information content (AvgIpc) is 2.94. The number of hydrogen-bond acceptors (Lipinski definition) is 5. The van der Waals surface area contributed by atoms with Gasteiger partial charge in [-0.05, 0) is 6.92 Å². The summed E-state index contributed by atoms with van der Waals surface area (Å²) in [5, 5.41) is 10.5. The Morgan fingerprint density at radius 3 is 3.18 bits per heavy atom. The third-order valence-corrected chi connectivity index (χ3v) is 2.92.